The number of nitrogens with zero attached hydrogens (tertiary/aromatic N) is 2. The van der Waals surface area contributed by atoms with E-state index in [0.717, 1.165) is 44.0 Å². The van der Waals surface area contributed by atoms with E-state index in [1.165, 1.54) is 5.56 Å². The first-order chi connectivity index (χ1) is 14.9. The molecule has 1 saturated heterocycles. The maximum absolute atomic E-state index is 12.2. The van der Waals surface area contributed by atoms with E-state index in [4.69, 9.17) is 4.74 Å². The second-order valence-electron chi connectivity index (χ2n) is 7.65. The van der Waals surface area contributed by atoms with Gasteiger partial charge >= 0.3 is 6.18 Å². The highest BCUT2D eigenvalue weighted by molar-refractivity contribution is 14.0. The van der Waals surface area contributed by atoms with Crippen molar-refractivity contribution in [1.82, 2.24) is 15.5 Å². The summed E-state index contributed by atoms with van der Waals surface area (Å²) in [5.41, 5.74) is 2.26. The topological polar surface area (TPSA) is 48.9 Å². The number of hydrogen-bond acceptors (Lipinski definition) is 3. The van der Waals surface area contributed by atoms with E-state index in [-0.39, 0.29) is 29.7 Å². The maximum atomic E-state index is 12.2. The summed E-state index contributed by atoms with van der Waals surface area (Å²) < 4.78 is 41.4. The summed E-state index contributed by atoms with van der Waals surface area (Å²) in [6.45, 7) is 2.27. The van der Waals surface area contributed by atoms with Crippen LogP contribution in [0.3, 0.4) is 0 Å². The molecule has 0 atom stereocenters. The van der Waals surface area contributed by atoms with E-state index in [1.807, 2.05) is 6.07 Å². The number of likely N-dealkylation sites (tertiary alicyclic amines) is 1. The number of guanidine groups is 1. The van der Waals surface area contributed by atoms with Gasteiger partial charge in [-0.1, -0.05) is 42.5 Å². The van der Waals surface area contributed by atoms with E-state index in [0.29, 0.717) is 12.6 Å². The molecule has 1 aliphatic rings. The summed E-state index contributed by atoms with van der Waals surface area (Å²) in [6.07, 6.45) is -2.26. The predicted molar refractivity (Wildman–Crippen MR) is 131 cm³/mol. The third kappa shape index (κ3) is 9.23. The van der Waals surface area contributed by atoms with Gasteiger partial charge in [-0.3, -0.25) is 9.89 Å². The Hall–Kier alpha value is -2.01. The lowest BCUT2D eigenvalue weighted by molar-refractivity contribution is -0.153. The minimum absolute atomic E-state index is 0. The number of rotatable bonds is 7. The molecule has 0 spiro atoms. The minimum atomic E-state index is -4.34. The van der Waals surface area contributed by atoms with Crippen molar-refractivity contribution < 1.29 is 17.9 Å². The van der Waals surface area contributed by atoms with Crippen LogP contribution in [0.5, 0.6) is 5.75 Å². The normalized spacial score (nSPS) is 15.7. The Bertz CT molecular complexity index is 823. The fourth-order valence-corrected chi connectivity index (χ4v) is 3.52. The number of hydrogen-bond donors (Lipinski definition) is 2. The molecule has 0 saturated carbocycles. The molecule has 9 heteroatoms. The van der Waals surface area contributed by atoms with Crippen LogP contribution in [0, 0.1) is 0 Å². The van der Waals surface area contributed by atoms with Crippen LogP contribution in [-0.2, 0) is 13.1 Å². The first-order valence-electron chi connectivity index (χ1n) is 10.4. The zero-order valence-electron chi connectivity index (χ0n) is 18.1. The van der Waals surface area contributed by atoms with Crippen molar-refractivity contribution in [2.45, 2.75) is 38.1 Å². The summed E-state index contributed by atoms with van der Waals surface area (Å²) in [5.74, 6) is 0.921. The molecule has 3 rings (SSSR count). The standard InChI is InChI=1S/C23H29F3N4O.HI/c1-27-22(28-15-18-7-9-21(10-8-18)31-17-23(24,25)26)29-20-11-13-30(14-12-20)16-19-5-3-2-4-6-19;/h2-10,20H,11-17H2,1H3,(H2,27,28,29);1H. The van der Waals surface area contributed by atoms with Crippen LogP contribution in [0.1, 0.15) is 24.0 Å². The van der Waals surface area contributed by atoms with Gasteiger partial charge in [0, 0.05) is 39.3 Å². The molecule has 2 N–H and O–H groups in total. The third-order valence-corrected chi connectivity index (χ3v) is 5.19. The van der Waals surface area contributed by atoms with Gasteiger partial charge < -0.3 is 15.4 Å². The number of alkyl halides is 3. The number of aliphatic imine (C=N–C) groups is 1. The summed E-state index contributed by atoms with van der Waals surface area (Å²) >= 11 is 0. The van der Waals surface area contributed by atoms with E-state index in [2.05, 4.69) is 44.8 Å². The summed E-state index contributed by atoms with van der Waals surface area (Å²) in [5, 5.41) is 6.74. The quantitative estimate of drug-likeness (QED) is 0.295. The number of piperidine rings is 1. The smallest absolute Gasteiger partial charge is 0.422 e. The van der Waals surface area contributed by atoms with Crippen LogP contribution in [0.4, 0.5) is 13.2 Å². The summed E-state index contributed by atoms with van der Waals surface area (Å²) in [7, 11) is 1.73. The molecule has 0 aliphatic carbocycles. The van der Waals surface area contributed by atoms with Crippen LogP contribution in [0.2, 0.25) is 0 Å². The van der Waals surface area contributed by atoms with Crippen molar-refractivity contribution in [3.05, 3.63) is 65.7 Å². The van der Waals surface area contributed by atoms with Crippen LogP contribution in [-0.4, -0.2) is 49.8 Å². The molecule has 2 aromatic rings. The Balaban J connectivity index is 0.00000363. The third-order valence-electron chi connectivity index (χ3n) is 5.19. The first-order valence-corrected chi connectivity index (χ1v) is 10.4. The number of nitrogens with one attached hydrogen (secondary N) is 2. The summed E-state index contributed by atoms with van der Waals surface area (Å²) in [4.78, 5) is 6.75. The number of ether oxygens (including phenoxy) is 1. The molecular formula is C23H30F3IN4O. The average Bonchev–Trinajstić information content (AvgIpc) is 2.77. The fourth-order valence-electron chi connectivity index (χ4n) is 3.52. The Morgan fingerprint density at radius 2 is 1.69 bits per heavy atom. The Morgan fingerprint density at radius 3 is 2.28 bits per heavy atom. The van der Waals surface area contributed by atoms with Crippen LogP contribution in [0.25, 0.3) is 0 Å². The molecule has 1 heterocycles. The Labute approximate surface area is 204 Å². The van der Waals surface area contributed by atoms with Gasteiger partial charge in [0.25, 0.3) is 0 Å². The lowest BCUT2D eigenvalue weighted by Gasteiger charge is -2.33. The maximum Gasteiger partial charge on any atom is 0.422 e. The van der Waals surface area contributed by atoms with Crippen molar-refractivity contribution in [2.24, 2.45) is 4.99 Å². The van der Waals surface area contributed by atoms with E-state index in [1.54, 1.807) is 31.3 Å². The zero-order chi connectivity index (χ0) is 22.1. The van der Waals surface area contributed by atoms with Gasteiger partial charge in [0.1, 0.15) is 5.75 Å². The van der Waals surface area contributed by atoms with Crippen LogP contribution < -0.4 is 15.4 Å². The molecule has 1 aliphatic heterocycles. The second-order valence-corrected chi connectivity index (χ2v) is 7.65. The van der Waals surface area contributed by atoms with Gasteiger partial charge in [-0.15, -0.1) is 24.0 Å². The van der Waals surface area contributed by atoms with Gasteiger partial charge in [-0.25, -0.2) is 0 Å². The minimum Gasteiger partial charge on any atom is -0.484 e. The summed E-state index contributed by atoms with van der Waals surface area (Å²) in [6, 6.07) is 17.4. The SMILES string of the molecule is CN=C(NCc1ccc(OCC(F)(F)F)cc1)NC1CCN(Cc2ccccc2)CC1.I. The van der Waals surface area contributed by atoms with Gasteiger partial charge in [0.15, 0.2) is 12.6 Å². The molecule has 5 nitrogen and oxygen atoms in total. The van der Waals surface area contributed by atoms with Crippen molar-refractivity contribution >= 4 is 29.9 Å². The van der Waals surface area contributed by atoms with Gasteiger partial charge in [0.2, 0.25) is 0 Å². The zero-order valence-corrected chi connectivity index (χ0v) is 20.4. The first kappa shape index (κ1) is 26.2. The molecule has 0 amide bonds. The fraction of sp³-hybridized carbons (Fsp3) is 0.435. The van der Waals surface area contributed by atoms with Gasteiger partial charge in [-0.05, 0) is 36.1 Å². The van der Waals surface area contributed by atoms with Crippen LogP contribution in [0.15, 0.2) is 59.6 Å². The van der Waals surface area contributed by atoms with E-state index in [9.17, 15) is 13.2 Å². The van der Waals surface area contributed by atoms with Gasteiger partial charge in [0.05, 0.1) is 0 Å². The molecule has 0 radical (unpaired) electrons. The molecule has 176 valence electrons. The van der Waals surface area contributed by atoms with Crippen molar-refractivity contribution in [2.75, 3.05) is 26.7 Å². The van der Waals surface area contributed by atoms with Crippen LogP contribution >= 0.6 is 24.0 Å². The van der Waals surface area contributed by atoms with Gasteiger partial charge in [-0.2, -0.15) is 13.2 Å². The largest absolute Gasteiger partial charge is 0.484 e. The van der Waals surface area contributed by atoms with Crippen molar-refractivity contribution in [3.8, 4) is 5.75 Å². The second kappa shape index (κ2) is 12.9. The number of benzene rings is 2. The molecule has 0 unspecified atom stereocenters. The van der Waals surface area contributed by atoms with Crippen molar-refractivity contribution in [3.63, 3.8) is 0 Å². The highest BCUT2D eigenvalue weighted by atomic mass is 127. The number of halogens is 4. The monoisotopic (exact) mass is 562 g/mol. The molecule has 1 fully saturated rings. The van der Waals surface area contributed by atoms with Crippen molar-refractivity contribution in [1.29, 1.82) is 0 Å². The lowest BCUT2D eigenvalue weighted by atomic mass is 10.0. The molecule has 0 aromatic heterocycles. The predicted octanol–water partition coefficient (Wildman–Crippen LogP) is 4.58. The van der Waals surface area contributed by atoms with E-state index < -0.39 is 12.8 Å². The highest BCUT2D eigenvalue weighted by Gasteiger charge is 2.28. The Morgan fingerprint density at radius 1 is 1.03 bits per heavy atom. The molecular weight excluding hydrogens is 532 g/mol. The Kier molecular flexibility index (Phi) is 10.6. The van der Waals surface area contributed by atoms with E-state index >= 15 is 0 Å². The molecule has 0 bridgehead atoms. The molecule has 2 aromatic carbocycles. The average molecular weight is 562 g/mol. The molecule has 32 heavy (non-hydrogen) atoms. The highest BCUT2D eigenvalue weighted by Crippen LogP contribution is 2.19. The lowest BCUT2D eigenvalue weighted by Crippen LogP contribution is -2.48.